The molecule has 9 heteroatoms. The monoisotopic (exact) mass is 505 g/mol. The van der Waals surface area contributed by atoms with Gasteiger partial charge in [0.15, 0.2) is 17.6 Å². The third-order valence-electron chi connectivity index (χ3n) is 5.64. The largest absolute Gasteiger partial charge is 0.493 e. The van der Waals surface area contributed by atoms with Gasteiger partial charge in [-0.15, -0.1) is 0 Å². The van der Waals surface area contributed by atoms with Crippen molar-refractivity contribution in [2.24, 2.45) is 5.92 Å². The highest BCUT2D eigenvalue weighted by Crippen LogP contribution is 2.39. The van der Waals surface area contributed by atoms with Crippen LogP contribution >= 0.6 is 27.5 Å². The molecule has 3 heterocycles. The summed E-state index contributed by atoms with van der Waals surface area (Å²) in [5.74, 6) is 2.20. The Morgan fingerprint density at radius 3 is 2.74 bits per heavy atom. The summed E-state index contributed by atoms with van der Waals surface area (Å²) in [6.07, 6.45) is 1.33. The molecule has 0 spiro atoms. The average Bonchev–Trinajstić information content (AvgIpc) is 3.34. The second kappa shape index (κ2) is 8.43. The Hall–Kier alpha value is -2.13. The Bertz CT molecular complexity index is 1130. The molecule has 2 fully saturated rings. The lowest BCUT2D eigenvalue weighted by atomic mass is 10.0. The molecule has 1 aromatic heterocycles. The number of hydrogen-bond donors (Lipinski definition) is 1. The first-order valence-electron chi connectivity index (χ1n) is 9.98. The van der Waals surface area contributed by atoms with E-state index in [9.17, 15) is 0 Å². The van der Waals surface area contributed by atoms with E-state index < -0.39 is 0 Å². The molecule has 2 aromatic carbocycles. The van der Waals surface area contributed by atoms with Crippen molar-refractivity contribution in [3.8, 4) is 11.5 Å². The lowest BCUT2D eigenvalue weighted by Crippen LogP contribution is -2.33. The molecule has 0 radical (unpaired) electrons. The Balaban J connectivity index is 1.45. The number of fused-ring (bicyclic) bond motifs is 2. The minimum atomic E-state index is -0.189. The fourth-order valence-electron chi connectivity index (χ4n) is 4.05. The zero-order valence-corrected chi connectivity index (χ0v) is 19.3. The van der Waals surface area contributed by atoms with Crippen LogP contribution in [0.5, 0.6) is 11.5 Å². The normalized spacial score (nSPS) is 24.9. The van der Waals surface area contributed by atoms with Crippen LogP contribution in [0.4, 0.5) is 11.5 Å². The van der Waals surface area contributed by atoms with Gasteiger partial charge in [-0.3, -0.25) is 0 Å². The van der Waals surface area contributed by atoms with E-state index in [0.29, 0.717) is 41.5 Å². The summed E-state index contributed by atoms with van der Waals surface area (Å²) in [5, 5.41) is 4.71. The van der Waals surface area contributed by atoms with E-state index in [2.05, 4.69) is 38.1 Å². The summed E-state index contributed by atoms with van der Waals surface area (Å²) in [4.78, 5) is 8.82. The first-order chi connectivity index (χ1) is 15.0. The van der Waals surface area contributed by atoms with Crippen LogP contribution in [0, 0.1) is 5.92 Å². The fraction of sp³-hybridized carbons (Fsp3) is 0.364. The van der Waals surface area contributed by atoms with Crippen LogP contribution in [0.1, 0.15) is 6.92 Å². The molecule has 5 rings (SSSR count). The number of nitrogens with one attached hydrogen (secondary N) is 1. The predicted molar refractivity (Wildman–Crippen MR) is 122 cm³/mol. The van der Waals surface area contributed by atoms with Gasteiger partial charge in [-0.2, -0.15) is 0 Å². The standard InChI is InChI=1S/C22H21BrClN3O4/c1-11-8-29-21-19(9-30-20(11)21)31-18-7-16-13(6-17(18)28-2)22(26-10-25-16)27-12-3-4-14(23)15(24)5-12/h3-7,10-11,19-21H,8-9H2,1-2H3,(H,25,26,27)/t11-,19-,20?,21?/m1/s1. The smallest absolute Gasteiger partial charge is 0.164 e. The van der Waals surface area contributed by atoms with Crippen molar-refractivity contribution in [3.63, 3.8) is 0 Å². The van der Waals surface area contributed by atoms with E-state index in [-0.39, 0.29) is 18.3 Å². The number of rotatable bonds is 5. The summed E-state index contributed by atoms with van der Waals surface area (Å²) < 4.78 is 24.5. The van der Waals surface area contributed by atoms with E-state index >= 15 is 0 Å². The number of hydrogen-bond acceptors (Lipinski definition) is 7. The van der Waals surface area contributed by atoms with Gasteiger partial charge in [0.25, 0.3) is 0 Å². The quantitative estimate of drug-likeness (QED) is 0.523. The maximum Gasteiger partial charge on any atom is 0.164 e. The van der Waals surface area contributed by atoms with Crippen molar-refractivity contribution in [1.82, 2.24) is 9.97 Å². The summed E-state index contributed by atoms with van der Waals surface area (Å²) in [7, 11) is 1.61. The minimum Gasteiger partial charge on any atom is -0.493 e. The molecule has 0 aliphatic carbocycles. The van der Waals surface area contributed by atoms with E-state index in [4.69, 9.17) is 30.5 Å². The van der Waals surface area contributed by atoms with Gasteiger partial charge in [0.2, 0.25) is 0 Å². The first kappa shape index (κ1) is 20.8. The Morgan fingerprint density at radius 2 is 1.94 bits per heavy atom. The second-order valence-corrected chi connectivity index (χ2v) is 8.99. The molecule has 3 aromatic rings. The van der Waals surface area contributed by atoms with Crippen molar-refractivity contribution in [2.75, 3.05) is 25.6 Å². The average molecular weight is 507 g/mol. The summed E-state index contributed by atoms with van der Waals surface area (Å²) >= 11 is 9.62. The number of anilines is 2. The van der Waals surface area contributed by atoms with Crippen LogP contribution < -0.4 is 14.8 Å². The topological polar surface area (TPSA) is 74.7 Å². The maximum absolute atomic E-state index is 6.28. The summed E-state index contributed by atoms with van der Waals surface area (Å²) in [6, 6.07) is 9.36. The molecular weight excluding hydrogens is 486 g/mol. The molecule has 2 saturated heterocycles. The molecule has 2 aliphatic rings. The number of methoxy groups -OCH3 is 1. The van der Waals surface area contributed by atoms with Crippen LogP contribution in [0.15, 0.2) is 41.1 Å². The van der Waals surface area contributed by atoms with Crippen molar-refractivity contribution in [1.29, 1.82) is 0 Å². The molecule has 7 nitrogen and oxygen atoms in total. The van der Waals surface area contributed by atoms with Crippen LogP contribution in [0.25, 0.3) is 10.9 Å². The van der Waals surface area contributed by atoms with Gasteiger partial charge in [0, 0.05) is 27.5 Å². The minimum absolute atomic E-state index is 0.0693. The molecule has 2 aliphatic heterocycles. The van der Waals surface area contributed by atoms with Crippen LogP contribution in [0.2, 0.25) is 5.02 Å². The van der Waals surface area contributed by atoms with E-state index in [1.165, 1.54) is 6.33 Å². The van der Waals surface area contributed by atoms with Gasteiger partial charge in [-0.1, -0.05) is 18.5 Å². The highest BCUT2D eigenvalue weighted by atomic mass is 79.9. The Labute approximate surface area is 193 Å². The predicted octanol–water partition coefficient (Wildman–Crippen LogP) is 4.98. The van der Waals surface area contributed by atoms with Crippen LogP contribution in [-0.4, -0.2) is 48.6 Å². The van der Waals surface area contributed by atoms with Crippen LogP contribution in [0.3, 0.4) is 0 Å². The van der Waals surface area contributed by atoms with Crippen molar-refractivity contribution >= 4 is 49.9 Å². The van der Waals surface area contributed by atoms with Gasteiger partial charge in [-0.05, 0) is 40.2 Å². The highest BCUT2D eigenvalue weighted by molar-refractivity contribution is 9.10. The SMILES string of the molecule is COc1cc2c(Nc3ccc(Br)c(Cl)c3)ncnc2cc1O[C@@H]1COC2C1OC[C@H]2C. The van der Waals surface area contributed by atoms with Crippen molar-refractivity contribution < 1.29 is 18.9 Å². The third-order valence-corrected chi connectivity index (χ3v) is 6.87. The summed E-state index contributed by atoms with van der Waals surface area (Å²) in [6.45, 7) is 3.31. The Kier molecular flexibility index (Phi) is 5.64. The molecule has 1 N–H and O–H groups in total. The van der Waals surface area contributed by atoms with Crippen LogP contribution in [-0.2, 0) is 9.47 Å². The lowest BCUT2D eigenvalue weighted by molar-refractivity contribution is 0.0289. The molecule has 4 atom stereocenters. The molecular formula is C22H21BrClN3O4. The highest BCUT2D eigenvalue weighted by Gasteiger charge is 2.47. The molecule has 2 unspecified atom stereocenters. The fourth-order valence-corrected chi connectivity index (χ4v) is 4.47. The maximum atomic E-state index is 6.28. The van der Waals surface area contributed by atoms with Gasteiger partial charge >= 0.3 is 0 Å². The van der Waals surface area contributed by atoms with Crippen molar-refractivity contribution in [2.45, 2.75) is 25.2 Å². The van der Waals surface area contributed by atoms with E-state index in [1.54, 1.807) is 7.11 Å². The molecule has 162 valence electrons. The number of ether oxygens (including phenoxy) is 4. The second-order valence-electron chi connectivity index (χ2n) is 7.73. The first-order valence-corrected chi connectivity index (χ1v) is 11.2. The summed E-state index contributed by atoms with van der Waals surface area (Å²) in [5.41, 5.74) is 1.54. The molecule has 0 amide bonds. The molecule has 0 bridgehead atoms. The van der Waals surface area contributed by atoms with E-state index in [1.807, 2.05) is 30.3 Å². The number of benzene rings is 2. The third kappa shape index (κ3) is 3.93. The van der Waals surface area contributed by atoms with Crippen molar-refractivity contribution in [3.05, 3.63) is 46.2 Å². The zero-order valence-electron chi connectivity index (χ0n) is 17.0. The van der Waals surface area contributed by atoms with Gasteiger partial charge in [-0.25, -0.2) is 9.97 Å². The van der Waals surface area contributed by atoms with E-state index in [0.717, 1.165) is 21.1 Å². The van der Waals surface area contributed by atoms with Gasteiger partial charge in [0.05, 0.1) is 37.0 Å². The molecule has 0 saturated carbocycles. The Morgan fingerprint density at radius 1 is 1.10 bits per heavy atom. The van der Waals surface area contributed by atoms with Gasteiger partial charge < -0.3 is 24.3 Å². The van der Waals surface area contributed by atoms with Gasteiger partial charge in [0.1, 0.15) is 18.2 Å². The molecule has 31 heavy (non-hydrogen) atoms. The number of halogens is 2. The number of nitrogens with zero attached hydrogens (tertiary/aromatic N) is 2. The zero-order chi connectivity index (χ0) is 21.5. The number of aromatic nitrogens is 2. The lowest BCUT2D eigenvalue weighted by Gasteiger charge is -2.20.